The number of carbonyl (C=O) groups excluding carboxylic acids is 2. The summed E-state index contributed by atoms with van der Waals surface area (Å²) in [5, 5.41) is 3.00. The largest absolute Gasteiger partial charge is 0.368 e. The van der Waals surface area contributed by atoms with Crippen LogP contribution in [0.25, 0.3) is 0 Å². The van der Waals surface area contributed by atoms with Gasteiger partial charge in [0.25, 0.3) is 0 Å². The molecule has 0 aromatic heterocycles. The van der Waals surface area contributed by atoms with Gasteiger partial charge in [0, 0.05) is 13.1 Å². The Balaban J connectivity index is 2.46. The molecule has 0 radical (unpaired) electrons. The summed E-state index contributed by atoms with van der Waals surface area (Å²) in [4.78, 5) is 25.3. The van der Waals surface area contributed by atoms with E-state index in [0.717, 1.165) is 25.9 Å². The highest BCUT2D eigenvalue weighted by atomic mass is 16.2. The molecule has 5 nitrogen and oxygen atoms in total. The number of nitrogens with zero attached hydrogens (tertiary/aromatic N) is 1. The Kier molecular flexibility index (Phi) is 5.59. The van der Waals surface area contributed by atoms with Gasteiger partial charge in [0.1, 0.15) is 0 Å². The average Bonchev–Trinajstić information content (AvgIpc) is 2.64. The predicted molar refractivity (Wildman–Crippen MR) is 70.9 cm³/mol. The second-order valence-electron chi connectivity index (χ2n) is 5.20. The van der Waals surface area contributed by atoms with Crippen molar-refractivity contribution in [3.8, 4) is 0 Å². The minimum Gasteiger partial charge on any atom is -0.368 e. The number of nitrogens with two attached hydrogens (primary N) is 1. The minimum absolute atomic E-state index is 0.0674. The van der Waals surface area contributed by atoms with Gasteiger partial charge in [-0.25, -0.2) is 0 Å². The van der Waals surface area contributed by atoms with Crippen LogP contribution in [0.5, 0.6) is 0 Å². The zero-order valence-corrected chi connectivity index (χ0v) is 11.5. The van der Waals surface area contributed by atoms with Crippen LogP contribution in [0.15, 0.2) is 0 Å². The third-order valence-corrected chi connectivity index (χ3v) is 3.84. The van der Waals surface area contributed by atoms with Crippen molar-refractivity contribution in [1.82, 2.24) is 10.2 Å². The van der Waals surface area contributed by atoms with E-state index in [9.17, 15) is 9.59 Å². The molecule has 3 N–H and O–H groups in total. The number of hydrogen-bond acceptors (Lipinski definition) is 3. The van der Waals surface area contributed by atoms with E-state index in [1.807, 2.05) is 11.8 Å². The summed E-state index contributed by atoms with van der Waals surface area (Å²) < 4.78 is 0. The number of hydrogen-bond donors (Lipinski definition) is 2. The Morgan fingerprint density at radius 2 is 1.78 bits per heavy atom. The van der Waals surface area contributed by atoms with E-state index in [-0.39, 0.29) is 12.5 Å². The van der Waals surface area contributed by atoms with E-state index in [1.165, 1.54) is 12.8 Å². The topological polar surface area (TPSA) is 75.4 Å². The Morgan fingerprint density at radius 1 is 1.22 bits per heavy atom. The molecule has 1 aliphatic heterocycles. The lowest BCUT2D eigenvalue weighted by atomic mass is 9.98. The highest BCUT2D eigenvalue weighted by molar-refractivity contribution is 5.85. The van der Waals surface area contributed by atoms with Gasteiger partial charge in [-0.2, -0.15) is 0 Å². The molecule has 1 aliphatic rings. The summed E-state index contributed by atoms with van der Waals surface area (Å²) in [6.45, 7) is 5.48. The normalized spacial score (nSPS) is 20.0. The first-order chi connectivity index (χ1) is 8.49. The molecule has 0 spiro atoms. The maximum atomic E-state index is 12.0. The quantitative estimate of drug-likeness (QED) is 0.756. The molecule has 18 heavy (non-hydrogen) atoms. The first kappa shape index (κ1) is 15.0. The predicted octanol–water partition coefficient (Wildman–Crippen LogP) is 0.633. The summed E-state index contributed by atoms with van der Waals surface area (Å²) in [6.07, 6.45) is 5.13. The molecule has 104 valence electrons. The second kappa shape index (κ2) is 6.73. The maximum absolute atomic E-state index is 12.0. The van der Waals surface area contributed by atoms with Crippen molar-refractivity contribution in [3.05, 3.63) is 0 Å². The van der Waals surface area contributed by atoms with Gasteiger partial charge in [-0.3, -0.25) is 14.9 Å². The van der Waals surface area contributed by atoms with E-state index >= 15 is 0 Å². The van der Waals surface area contributed by atoms with Gasteiger partial charge in [0.05, 0.1) is 12.1 Å². The first-order valence-corrected chi connectivity index (χ1v) is 6.82. The highest BCUT2D eigenvalue weighted by Gasteiger charge is 2.29. The van der Waals surface area contributed by atoms with Crippen LogP contribution in [0.2, 0.25) is 0 Å². The molecule has 0 aromatic rings. The fourth-order valence-corrected chi connectivity index (χ4v) is 2.09. The fraction of sp³-hybridized carbons (Fsp3) is 0.846. The van der Waals surface area contributed by atoms with Crippen LogP contribution in [-0.2, 0) is 9.59 Å². The summed E-state index contributed by atoms with van der Waals surface area (Å²) >= 11 is 0. The number of rotatable bonds is 5. The number of likely N-dealkylation sites (tertiary alicyclic amines) is 1. The van der Waals surface area contributed by atoms with Crippen LogP contribution in [0.1, 0.15) is 46.0 Å². The molecule has 0 bridgehead atoms. The molecule has 1 heterocycles. The van der Waals surface area contributed by atoms with Gasteiger partial charge < -0.3 is 10.6 Å². The molecule has 1 unspecified atom stereocenters. The molecular formula is C13H25N3O2. The van der Waals surface area contributed by atoms with Crippen molar-refractivity contribution in [2.45, 2.75) is 51.5 Å². The van der Waals surface area contributed by atoms with Crippen LogP contribution in [0.4, 0.5) is 0 Å². The molecule has 1 saturated heterocycles. The van der Waals surface area contributed by atoms with Crippen molar-refractivity contribution in [1.29, 1.82) is 0 Å². The summed E-state index contributed by atoms with van der Waals surface area (Å²) in [5.41, 5.74) is 4.55. The number of primary amides is 1. The summed E-state index contributed by atoms with van der Waals surface area (Å²) in [6, 6.07) is 0. The molecule has 0 aromatic carbocycles. The number of amides is 2. The zero-order chi connectivity index (χ0) is 13.6. The lowest BCUT2D eigenvalue weighted by Gasteiger charge is -2.28. The van der Waals surface area contributed by atoms with E-state index in [4.69, 9.17) is 5.73 Å². The fourth-order valence-electron chi connectivity index (χ4n) is 2.09. The molecule has 5 heteroatoms. The van der Waals surface area contributed by atoms with Gasteiger partial charge >= 0.3 is 0 Å². The highest BCUT2D eigenvalue weighted by Crippen LogP contribution is 2.11. The molecule has 1 atom stereocenters. The van der Waals surface area contributed by atoms with Gasteiger partial charge in [-0.1, -0.05) is 19.8 Å². The molecule has 1 rings (SSSR count). The van der Waals surface area contributed by atoms with E-state index in [1.54, 1.807) is 6.92 Å². The zero-order valence-electron chi connectivity index (χ0n) is 11.5. The number of carbonyl (C=O) groups is 2. The molecule has 2 amide bonds. The molecule has 0 aliphatic carbocycles. The summed E-state index contributed by atoms with van der Waals surface area (Å²) in [7, 11) is 0. The van der Waals surface area contributed by atoms with Crippen LogP contribution in [0, 0.1) is 0 Å². The third-order valence-electron chi connectivity index (χ3n) is 3.84. The van der Waals surface area contributed by atoms with Gasteiger partial charge in [-0.05, 0) is 26.2 Å². The van der Waals surface area contributed by atoms with E-state index < -0.39 is 11.4 Å². The monoisotopic (exact) mass is 255 g/mol. The standard InChI is InChI=1S/C13H25N3O2/c1-3-13(2,12(14)18)15-10-11(17)16-8-6-4-5-7-9-16/h15H,3-10H2,1-2H3,(H2,14,18). The Morgan fingerprint density at radius 3 is 2.22 bits per heavy atom. The van der Waals surface area contributed by atoms with Crippen molar-refractivity contribution in [3.63, 3.8) is 0 Å². The number of nitrogens with one attached hydrogen (secondary N) is 1. The lowest BCUT2D eigenvalue weighted by Crippen LogP contribution is -2.55. The lowest BCUT2D eigenvalue weighted by molar-refractivity contribution is -0.131. The van der Waals surface area contributed by atoms with Gasteiger partial charge in [0.2, 0.25) is 11.8 Å². The van der Waals surface area contributed by atoms with E-state index in [2.05, 4.69) is 5.32 Å². The SMILES string of the molecule is CCC(C)(NCC(=O)N1CCCCCC1)C(N)=O. The van der Waals surface area contributed by atoms with Crippen LogP contribution in [0.3, 0.4) is 0 Å². The van der Waals surface area contributed by atoms with Crippen molar-refractivity contribution >= 4 is 11.8 Å². The Bertz CT molecular complexity index is 299. The average molecular weight is 255 g/mol. The summed E-state index contributed by atoms with van der Waals surface area (Å²) in [5.74, 6) is -0.341. The Labute approximate surface area is 109 Å². The maximum Gasteiger partial charge on any atom is 0.237 e. The van der Waals surface area contributed by atoms with Crippen molar-refractivity contribution in [2.75, 3.05) is 19.6 Å². The molecular weight excluding hydrogens is 230 g/mol. The smallest absolute Gasteiger partial charge is 0.237 e. The molecule has 0 saturated carbocycles. The third kappa shape index (κ3) is 3.98. The Hall–Kier alpha value is -1.10. The van der Waals surface area contributed by atoms with Gasteiger partial charge in [-0.15, -0.1) is 0 Å². The molecule has 1 fully saturated rings. The van der Waals surface area contributed by atoms with Gasteiger partial charge in [0.15, 0.2) is 0 Å². The van der Waals surface area contributed by atoms with Crippen LogP contribution < -0.4 is 11.1 Å². The van der Waals surface area contributed by atoms with Crippen molar-refractivity contribution in [2.24, 2.45) is 5.73 Å². The second-order valence-corrected chi connectivity index (χ2v) is 5.20. The van der Waals surface area contributed by atoms with Crippen LogP contribution in [-0.4, -0.2) is 41.9 Å². The van der Waals surface area contributed by atoms with Crippen molar-refractivity contribution < 1.29 is 9.59 Å². The van der Waals surface area contributed by atoms with Crippen LogP contribution >= 0.6 is 0 Å². The first-order valence-electron chi connectivity index (χ1n) is 6.82. The van der Waals surface area contributed by atoms with E-state index in [0.29, 0.717) is 6.42 Å². The minimum atomic E-state index is -0.790.